The second-order valence-corrected chi connectivity index (χ2v) is 6.24. The van der Waals surface area contributed by atoms with Gasteiger partial charge in [0.25, 0.3) is 0 Å². The highest BCUT2D eigenvalue weighted by molar-refractivity contribution is 6.36. The number of aromatic nitrogens is 2. The Hall–Kier alpha value is -1.52. The van der Waals surface area contributed by atoms with Crippen LogP contribution in [-0.2, 0) is 0 Å². The van der Waals surface area contributed by atoms with Crippen LogP contribution in [0.3, 0.4) is 0 Å². The normalized spacial score (nSPS) is 15.5. The third-order valence-corrected chi connectivity index (χ3v) is 4.27. The van der Waals surface area contributed by atoms with Crippen molar-refractivity contribution < 1.29 is 0 Å². The highest BCUT2D eigenvalue weighted by atomic mass is 35.5. The number of anilines is 3. The van der Waals surface area contributed by atoms with Gasteiger partial charge in [0, 0.05) is 24.3 Å². The predicted molar refractivity (Wildman–Crippen MR) is 92.5 cm³/mol. The molecule has 2 aromatic rings. The molecule has 4 nitrogen and oxygen atoms in total. The van der Waals surface area contributed by atoms with E-state index in [0.717, 1.165) is 30.5 Å². The van der Waals surface area contributed by atoms with Crippen molar-refractivity contribution in [2.75, 3.05) is 23.3 Å². The van der Waals surface area contributed by atoms with Crippen molar-refractivity contribution in [3.8, 4) is 0 Å². The summed E-state index contributed by atoms with van der Waals surface area (Å²) in [5, 5.41) is 4.41. The van der Waals surface area contributed by atoms with E-state index in [2.05, 4.69) is 20.2 Å². The van der Waals surface area contributed by atoms with Gasteiger partial charge in [-0.15, -0.1) is 0 Å². The van der Waals surface area contributed by atoms with E-state index in [1.807, 2.05) is 12.1 Å². The lowest BCUT2D eigenvalue weighted by atomic mass is 10.2. The standard InChI is InChI=1S/C16H18Cl2N4/c17-12-5-6-14(13(18)11-12)20-15-7-8-19-16(21-15)22-9-3-1-2-4-10-22/h5-8,11H,1-4,9-10H2,(H,19,20,21). The van der Waals surface area contributed by atoms with Crippen LogP contribution in [0.15, 0.2) is 30.5 Å². The van der Waals surface area contributed by atoms with Crippen LogP contribution in [0.1, 0.15) is 25.7 Å². The highest BCUT2D eigenvalue weighted by Crippen LogP contribution is 2.28. The molecule has 22 heavy (non-hydrogen) atoms. The van der Waals surface area contributed by atoms with Crippen LogP contribution in [0.5, 0.6) is 0 Å². The maximum absolute atomic E-state index is 6.19. The van der Waals surface area contributed by atoms with Crippen molar-refractivity contribution in [2.45, 2.75) is 25.7 Å². The van der Waals surface area contributed by atoms with Crippen LogP contribution >= 0.6 is 23.2 Å². The Morgan fingerprint density at radius 2 is 1.77 bits per heavy atom. The second-order valence-electron chi connectivity index (χ2n) is 5.39. The van der Waals surface area contributed by atoms with Crippen LogP contribution in [0.4, 0.5) is 17.5 Å². The first-order valence-electron chi connectivity index (χ1n) is 7.52. The number of halogens is 2. The second kappa shape index (κ2) is 7.16. The Bertz CT molecular complexity index is 640. The summed E-state index contributed by atoms with van der Waals surface area (Å²) in [4.78, 5) is 11.3. The van der Waals surface area contributed by atoms with Gasteiger partial charge in [-0.05, 0) is 37.1 Å². The minimum absolute atomic E-state index is 0.572. The first-order chi connectivity index (χ1) is 10.7. The molecular formula is C16H18Cl2N4. The summed E-state index contributed by atoms with van der Waals surface area (Å²) in [6, 6.07) is 7.19. The zero-order valence-corrected chi connectivity index (χ0v) is 13.7. The zero-order chi connectivity index (χ0) is 15.4. The molecule has 1 aliphatic rings. The quantitative estimate of drug-likeness (QED) is 0.864. The first kappa shape index (κ1) is 15.4. The SMILES string of the molecule is Clc1ccc(Nc2ccnc(N3CCCCCC3)n2)c(Cl)c1. The summed E-state index contributed by atoms with van der Waals surface area (Å²) in [5.74, 6) is 1.51. The topological polar surface area (TPSA) is 41.1 Å². The number of nitrogens with one attached hydrogen (secondary N) is 1. The van der Waals surface area contributed by atoms with Crippen molar-refractivity contribution in [3.05, 3.63) is 40.5 Å². The maximum atomic E-state index is 6.19. The van der Waals surface area contributed by atoms with Gasteiger partial charge in [0.1, 0.15) is 5.82 Å². The van der Waals surface area contributed by atoms with Crippen molar-refractivity contribution in [2.24, 2.45) is 0 Å². The van der Waals surface area contributed by atoms with Crippen molar-refractivity contribution in [1.82, 2.24) is 9.97 Å². The molecule has 6 heteroatoms. The molecule has 116 valence electrons. The Morgan fingerprint density at radius 1 is 1.00 bits per heavy atom. The molecule has 1 N–H and O–H groups in total. The van der Waals surface area contributed by atoms with Crippen molar-refractivity contribution >= 4 is 40.7 Å². The van der Waals surface area contributed by atoms with Crippen LogP contribution < -0.4 is 10.2 Å². The van der Waals surface area contributed by atoms with E-state index in [9.17, 15) is 0 Å². The molecular weight excluding hydrogens is 319 g/mol. The van der Waals surface area contributed by atoms with Crippen LogP contribution in [0, 0.1) is 0 Å². The van der Waals surface area contributed by atoms with E-state index in [4.69, 9.17) is 23.2 Å². The van der Waals surface area contributed by atoms with Gasteiger partial charge in [0.15, 0.2) is 0 Å². The number of hydrogen-bond acceptors (Lipinski definition) is 4. The highest BCUT2D eigenvalue weighted by Gasteiger charge is 2.13. The monoisotopic (exact) mass is 336 g/mol. The van der Waals surface area contributed by atoms with Crippen molar-refractivity contribution in [3.63, 3.8) is 0 Å². The Morgan fingerprint density at radius 3 is 2.50 bits per heavy atom. The van der Waals surface area contributed by atoms with E-state index in [1.165, 1.54) is 25.7 Å². The fraction of sp³-hybridized carbons (Fsp3) is 0.375. The molecule has 1 saturated heterocycles. The maximum Gasteiger partial charge on any atom is 0.227 e. The average molecular weight is 337 g/mol. The van der Waals surface area contributed by atoms with Crippen LogP contribution in [0.25, 0.3) is 0 Å². The van der Waals surface area contributed by atoms with Gasteiger partial charge >= 0.3 is 0 Å². The molecule has 1 fully saturated rings. The fourth-order valence-corrected chi connectivity index (χ4v) is 3.03. The van der Waals surface area contributed by atoms with E-state index < -0.39 is 0 Å². The number of nitrogens with zero attached hydrogens (tertiary/aromatic N) is 3. The van der Waals surface area contributed by atoms with Gasteiger partial charge in [-0.25, -0.2) is 4.98 Å². The molecule has 0 spiro atoms. The summed E-state index contributed by atoms with van der Waals surface area (Å²) >= 11 is 12.1. The molecule has 1 aromatic carbocycles. The number of rotatable bonds is 3. The van der Waals surface area contributed by atoms with Crippen molar-refractivity contribution in [1.29, 1.82) is 0 Å². The van der Waals surface area contributed by atoms with Crippen LogP contribution in [-0.4, -0.2) is 23.1 Å². The van der Waals surface area contributed by atoms with E-state index in [1.54, 1.807) is 18.3 Å². The predicted octanol–water partition coefficient (Wildman–Crippen LogP) is 4.91. The minimum atomic E-state index is 0.572. The molecule has 0 unspecified atom stereocenters. The molecule has 0 saturated carbocycles. The molecule has 0 amide bonds. The van der Waals surface area contributed by atoms with Gasteiger partial charge in [0.2, 0.25) is 5.95 Å². The number of benzene rings is 1. The van der Waals surface area contributed by atoms with Crippen LogP contribution in [0.2, 0.25) is 10.0 Å². The Balaban J connectivity index is 1.78. The molecule has 1 aromatic heterocycles. The molecule has 0 radical (unpaired) electrons. The minimum Gasteiger partial charge on any atom is -0.341 e. The zero-order valence-electron chi connectivity index (χ0n) is 12.2. The third-order valence-electron chi connectivity index (χ3n) is 3.73. The summed E-state index contributed by atoms with van der Waals surface area (Å²) < 4.78 is 0. The summed E-state index contributed by atoms with van der Waals surface area (Å²) in [5.41, 5.74) is 0.784. The summed E-state index contributed by atoms with van der Waals surface area (Å²) in [6.07, 6.45) is 6.75. The van der Waals surface area contributed by atoms with E-state index >= 15 is 0 Å². The lowest BCUT2D eigenvalue weighted by Crippen LogP contribution is -2.26. The summed E-state index contributed by atoms with van der Waals surface area (Å²) in [6.45, 7) is 2.04. The summed E-state index contributed by atoms with van der Waals surface area (Å²) in [7, 11) is 0. The first-order valence-corrected chi connectivity index (χ1v) is 8.28. The van der Waals surface area contributed by atoms with Gasteiger partial charge in [-0.1, -0.05) is 36.0 Å². The largest absolute Gasteiger partial charge is 0.341 e. The van der Waals surface area contributed by atoms with E-state index in [-0.39, 0.29) is 0 Å². The lowest BCUT2D eigenvalue weighted by molar-refractivity contribution is 0.726. The van der Waals surface area contributed by atoms with Gasteiger partial charge < -0.3 is 10.2 Å². The van der Waals surface area contributed by atoms with E-state index in [0.29, 0.717) is 10.0 Å². The lowest BCUT2D eigenvalue weighted by Gasteiger charge is -2.20. The fourth-order valence-electron chi connectivity index (χ4n) is 2.57. The molecule has 0 bridgehead atoms. The smallest absolute Gasteiger partial charge is 0.227 e. The van der Waals surface area contributed by atoms with Gasteiger partial charge in [0.05, 0.1) is 10.7 Å². The van der Waals surface area contributed by atoms with Gasteiger partial charge in [-0.2, -0.15) is 4.98 Å². The third kappa shape index (κ3) is 3.81. The Kier molecular flexibility index (Phi) is 5.01. The number of hydrogen-bond donors (Lipinski definition) is 1. The molecule has 0 aliphatic carbocycles. The average Bonchev–Trinajstić information content (AvgIpc) is 2.80. The Labute approximate surface area is 140 Å². The molecule has 0 atom stereocenters. The molecule has 3 rings (SSSR count). The molecule has 1 aliphatic heterocycles. The molecule has 2 heterocycles. The van der Waals surface area contributed by atoms with Gasteiger partial charge in [-0.3, -0.25) is 0 Å².